The van der Waals surface area contributed by atoms with E-state index in [0.29, 0.717) is 26.2 Å². The predicted molar refractivity (Wildman–Crippen MR) is 113 cm³/mol. The summed E-state index contributed by atoms with van der Waals surface area (Å²) in [6.45, 7) is 13.2. The van der Waals surface area contributed by atoms with E-state index in [9.17, 15) is 4.79 Å². The summed E-state index contributed by atoms with van der Waals surface area (Å²) >= 11 is 0. The van der Waals surface area contributed by atoms with Crippen molar-refractivity contribution in [2.45, 2.75) is 60.5 Å². The van der Waals surface area contributed by atoms with Crippen LogP contribution in [0.1, 0.15) is 57.9 Å². The minimum Gasteiger partial charge on any atom is -0.492 e. The molecule has 0 spiro atoms. The van der Waals surface area contributed by atoms with Crippen LogP contribution in [-0.4, -0.2) is 39.3 Å². The van der Waals surface area contributed by atoms with E-state index in [2.05, 4.69) is 55.1 Å². The first-order valence-corrected chi connectivity index (χ1v) is 10.2. The maximum Gasteiger partial charge on any atom is 0.317 e. The molecule has 1 aliphatic rings. The summed E-state index contributed by atoms with van der Waals surface area (Å²) in [5.74, 6) is 0.727. The van der Waals surface area contributed by atoms with E-state index >= 15 is 0 Å². The zero-order valence-corrected chi connectivity index (χ0v) is 18.2. The lowest BCUT2D eigenvalue weighted by Crippen LogP contribution is -2.43. The first-order valence-electron chi connectivity index (χ1n) is 10.2. The van der Waals surface area contributed by atoms with Gasteiger partial charge in [0.25, 0.3) is 0 Å². The average Bonchev–Trinajstić information content (AvgIpc) is 2.99. The molecule has 2 N–H and O–H groups in total. The number of nitrogens with one attached hydrogen (secondary N) is 2. The summed E-state index contributed by atoms with van der Waals surface area (Å²) in [6.07, 6.45) is 7.09. The van der Waals surface area contributed by atoms with Crippen LogP contribution in [0.4, 0.5) is 4.79 Å². The number of carbonyl (C=O) groups is 1. The van der Waals surface area contributed by atoms with E-state index < -0.39 is 0 Å². The number of fused-ring (bicyclic) bond motifs is 1. The van der Waals surface area contributed by atoms with Crippen molar-refractivity contribution >= 4 is 6.03 Å². The Morgan fingerprint density at radius 3 is 2.90 bits per heavy atom. The fourth-order valence-corrected chi connectivity index (χ4v) is 3.52. The van der Waals surface area contributed by atoms with Crippen molar-refractivity contribution in [3.63, 3.8) is 0 Å². The van der Waals surface area contributed by atoms with Gasteiger partial charge in [-0.15, -0.1) is 0 Å². The number of nitrogens with zero attached hydrogens (tertiary/aromatic N) is 3. The molecule has 3 rings (SSSR count). The van der Waals surface area contributed by atoms with Crippen molar-refractivity contribution < 1.29 is 9.53 Å². The van der Waals surface area contributed by atoms with Gasteiger partial charge in [0.1, 0.15) is 5.75 Å². The molecule has 29 heavy (non-hydrogen) atoms. The lowest BCUT2D eigenvalue weighted by molar-refractivity contribution is 0.167. The van der Waals surface area contributed by atoms with Crippen molar-refractivity contribution in [2.75, 3.05) is 13.2 Å². The molecule has 3 heterocycles. The van der Waals surface area contributed by atoms with E-state index in [0.717, 1.165) is 35.4 Å². The van der Waals surface area contributed by atoms with Crippen LogP contribution in [0.25, 0.3) is 0 Å². The van der Waals surface area contributed by atoms with Crippen LogP contribution in [0.5, 0.6) is 5.75 Å². The number of urea groups is 1. The number of pyridine rings is 1. The summed E-state index contributed by atoms with van der Waals surface area (Å²) < 4.78 is 5.94. The number of rotatable bonds is 5. The van der Waals surface area contributed by atoms with E-state index in [1.807, 2.05) is 17.2 Å². The van der Waals surface area contributed by atoms with Crippen molar-refractivity contribution in [1.82, 2.24) is 25.4 Å². The highest BCUT2D eigenvalue weighted by molar-refractivity contribution is 5.74. The van der Waals surface area contributed by atoms with Crippen molar-refractivity contribution in [3.05, 3.63) is 41.5 Å². The zero-order valence-electron chi connectivity index (χ0n) is 18.2. The standard InChI is InChI=1S/C22H33N5O2/c1-21(2,3)7-9-29-19-13-23-8-6-16(19)11-24-20(28)27-14-17-12-25-26-18(17)10-22(4,5)15-27/h6,8,12-13H,7,9-11,14-15H2,1-5H3,(H,24,28)(H,25,26). The smallest absolute Gasteiger partial charge is 0.317 e. The van der Waals surface area contributed by atoms with E-state index in [1.165, 1.54) is 0 Å². The van der Waals surface area contributed by atoms with Gasteiger partial charge in [-0.2, -0.15) is 5.10 Å². The van der Waals surface area contributed by atoms with Gasteiger partial charge >= 0.3 is 6.03 Å². The lowest BCUT2D eigenvalue weighted by atomic mass is 9.88. The molecule has 7 heteroatoms. The number of amides is 2. The Hall–Kier alpha value is -2.57. The Labute approximate surface area is 173 Å². The van der Waals surface area contributed by atoms with Crippen molar-refractivity contribution in [3.8, 4) is 5.75 Å². The Kier molecular flexibility index (Phi) is 6.15. The summed E-state index contributed by atoms with van der Waals surface area (Å²) in [4.78, 5) is 19.0. The average molecular weight is 400 g/mol. The molecular weight excluding hydrogens is 366 g/mol. The summed E-state index contributed by atoms with van der Waals surface area (Å²) in [7, 11) is 0. The van der Waals surface area contributed by atoms with Gasteiger partial charge in [-0.3, -0.25) is 10.1 Å². The number of aromatic amines is 1. The quantitative estimate of drug-likeness (QED) is 0.798. The molecule has 2 aromatic heterocycles. The second-order valence-electron chi connectivity index (χ2n) is 9.87. The maximum absolute atomic E-state index is 12.9. The molecule has 158 valence electrons. The highest BCUT2D eigenvalue weighted by Crippen LogP contribution is 2.29. The lowest BCUT2D eigenvalue weighted by Gasteiger charge is -2.29. The van der Waals surface area contributed by atoms with Gasteiger partial charge in [-0.1, -0.05) is 34.6 Å². The summed E-state index contributed by atoms with van der Waals surface area (Å²) in [6, 6.07) is 1.82. The molecule has 0 saturated heterocycles. The van der Waals surface area contributed by atoms with Crippen LogP contribution < -0.4 is 10.1 Å². The minimum atomic E-state index is -0.0791. The Morgan fingerprint density at radius 2 is 2.14 bits per heavy atom. The fraction of sp³-hybridized carbons (Fsp3) is 0.591. The van der Waals surface area contributed by atoms with Crippen LogP contribution in [0.2, 0.25) is 0 Å². The highest BCUT2D eigenvalue weighted by Gasteiger charge is 2.31. The molecule has 0 aromatic carbocycles. The van der Waals surface area contributed by atoms with Crippen LogP contribution in [0.15, 0.2) is 24.7 Å². The molecule has 0 saturated carbocycles. The summed E-state index contributed by atoms with van der Waals surface area (Å²) in [5, 5.41) is 10.3. The van der Waals surface area contributed by atoms with Crippen LogP contribution >= 0.6 is 0 Å². The number of hydrogen-bond acceptors (Lipinski definition) is 4. The SMILES string of the molecule is CC(C)(C)CCOc1cnccc1CNC(=O)N1Cc2cn[nH]c2CC(C)(C)C1. The van der Waals surface area contributed by atoms with Crippen molar-refractivity contribution in [1.29, 1.82) is 0 Å². The largest absolute Gasteiger partial charge is 0.492 e. The number of hydrogen-bond donors (Lipinski definition) is 2. The molecule has 2 amide bonds. The third-order valence-corrected chi connectivity index (χ3v) is 5.14. The molecule has 0 bridgehead atoms. The number of aromatic nitrogens is 3. The van der Waals surface area contributed by atoms with Gasteiger partial charge in [-0.25, -0.2) is 4.79 Å². The maximum atomic E-state index is 12.9. The topological polar surface area (TPSA) is 83.1 Å². The molecule has 0 atom stereocenters. The van der Waals surface area contributed by atoms with Gasteiger partial charge in [0.05, 0.1) is 25.5 Å². The Morgan fingerprint density at radius 1 is 1.34 bits per heavy atom. The highest BCUT2D eigenvalue weighted by atomic mass is 16.5. The van der Waals surface area contributed by atoms with Gasteiger partial charge in [0.15, 0.2) is 0 Å². The second-order valence-corrected chi connectivity index (χ2v) is 9.87. The first kappa shape index (κ1) is 21.1. The second kappa shape index (κ2) is 8.43. The Balaban J connectivity index is 1.62. The monoisotopic (exact) mass is 399 g/mol. The van der Waals surface area contributed by atoms with Gasteiger partial charge < -0.3 is 15.0 Å². The number of H-pyrrole nitrogens is 1. The molecule has 0 aliphatic carbocycles. The van der Waals surface area contributed by atoms with E-state index in [1.54, 1.807) is 12.4 Å². The Bertz CT molecular complexity index is 838. The molecule has 2 aromatic rings. The van der Waals surface area contributed by atoms with E-state index in [4.69, 9.17) is 4.74 Å². The number of ether oxygens (including phenoxy) is 1. The van der Waals surface area contributed by atoms with Crippen molar-refractivity contribution in [2.24, 2.45) is 10.8 Å². The molecule has 0 unspecified atom stereocenters. The molecule has 0 fully saturated rings. The predicted octanol–water partition coefficient (Wildman–Crippen LogP) is 3.91. The molecule has 0 radical (unpaired) electrons. The van der Waals surface area contributed by atoms with Crippen LogP contribution in [0.3, 0.4) is 0 Å². The zero-order chi connectivity index (χ0) is 21.1. The normalized spacial score (nSPS) is 16.1. The van der Waals surface area contributed by atoms with Gasteiger partial charge in [0, 0.05) is 36.1 Å². The summed E-state index contributed by atoms with van der Waals surface area (Å²) in [5.41, 5.74) is 3.32. The molecule has 1 aliphatic heterocycles. The minimum absolute atomic E-state index is 0.0208. The van der Waals surface area contributed by atoms with Gasteiger partial charge in [-0.05, 0) is 29.7 Å². The molecule has 7 nitrogen and oxygen atoms in total. The fourth-order valence-electron chi connectivity index (χ4n) is 3.52. The van der Waals surface area contributed by atoms with Crippen LogP contribution in [-0.2, 0) is 19.5 Å². The van der Waals surface area contributed by atoms with E-state index in [-0.39, 0.29) is 16.9 Å². The third-order valence-electron chi connectivity index (χ3n) is 5.14. The van der Waals surface area contributed by atoms with Gasteiger partial charge in [0.2, 0.25) is 0 Å². The number of carbonyl (C=O) groups excluding carboxylic acids is 1. The molecular formula is C22H33N5O2. The third kappa shape index (κ3) is 5.95. The first-order chi connectivity index (χ1) is 13.6. The van der Waals surface area contributed by atoms with Crippen LogP contribution in [0, 0.1) is 10.8 Å².